The molecule has 134 valence electrons. The molecule has 0 radical (unpaired) electrons. The minimum Gasteiger partial charge on any atom is -0.388 e. The average molecular weight is 344 g/mol. The minimum absolute atomic E-state index is 0.140. The fraction of sp³-hybridized carbons (Fsp3) is 0.647. The summed E-state index contributed by atoms with van der Waals surface area (Å²) in [5.41, 5.74) is 6.04. The lowest BCUT2D eigenvalue weighted by Crippen LogP contribution is -2.53. The van der Waals surface area contributed by atoms with Gasteiger partial charge in [0.05, 0.1) is 18.0 Å². The van der Waals surface area contributed by atoms with Crippen molar-refractivity contribution in [1.82, 2.24) is 24.4 Å². The number of nitrogens with zero attached hydrogens (tertiary/aromatic N) is 5. The largest absolute Gasteiger partial charge is 0.388 e. The van der Waals surface area contributed by atoms with Gasteiger partial charge in [0.25, 0.3) is 0 Å². The smallest absolute Gasteiger partial charge is 0.225 e. The van der Waals surface area contributed by atoms with E-state index in [-0.39, 0.29) is 17.9 Å². The summed E-state index contributed by atoms with van der Waals surface area (Å²) >= 11 is 0. The third-order valence-corrected chi connectivity index (χ3v) is 5.74. The van der Waals surface area contributed by atoms with Crippen molar-refractivity contribution in [2.45, 2.75) is 50.7 Å². The van der Waals surface area contributed by atoms with Crippen molar-refractivity contribution in [3.63, 3.8) is 0 Å². The molecule has 3 N–H and O–H groups in total. The van der Waals surface area contributed by atoms with Crippen LogP contribution in [0.3, 0.4) is 0 Å². The molecule has 1 aliphatic heterocycles. The number of anilines is 1. The Hall–Kier alpha value is -2.22. The molecule has 0 spiro atoms. The van der Waals surface area contributed by atoms with Crippen LogP contribution in [0.2, 0.25) is 0 Å². The van der Waals surface area contributed by atoms with E-state index in [9.17, 15) is 9.90 Å². The summed E-state index contributed by atoms with van der Waals surface area (Å²) in [4.78, 5) is 27.3. The van der Waals surface area contributed by atoms with E-state index in [1.807, 2.05) is 16.4 Å². The molecule has 3 heterocycles. The first-order valence-electron chi connectivity index (χ1n) is 8.91. The number of likely N-dealkylation sites (tertiary alicyclic amines) is 1. The molecular weight excluding hydrogens is 320 g/mol. The molecule has 25 heavy (non-hydrogen) atoms. The number of hydrogen-bond donors (Lipinski definition) is 2. The van der Waals surface area contributed by atoms with Crippen LogP contribution >= 0.6 is 0 Å². The van der Waals surface area contributed by atoms with Crippen molar-refractivity contribution in [2.75, 3.05) is 18.8 Å². The van der Waals surface area contributed by atoms with E-state index >= 15 is 0 Å². The number of imidazole rings is 1. The Morgan fingerprint density at radius 1 is 1.32 bits per heavy atom. The average Bonchev–Trinajstić information content (AvgIpc) is 3.24. The van der Waals surface area contributed by atoms with E-state index in [4.69, 9.17) is 5.73 Å². The molecule has 2 aromatic rings. The van der Waals surface area contributed by atoms with Crippen LogP contribution in [-0.4, -0.2) is 54.1 Å². The molecule has 1 amide bonds. The van der Waals surface area contributed by atoms with Crippen LogP contribution in [0.1, 0.15) is 45.1 Å². The predicted octanol–water partition coefficient (Wildman–Crippen LogP) is 1.12. The molecular formula is C17H24N6O2. The molecule has 0 aromatic carbocycles. The maximum Gasteiger partial charge on any atom is 0.225 e. The van der Waals surface area contributed by atoms with Crippen molar-refractivity contribution in [2.24, 2.45) is 5.92 Å². The summed E-state index contributed by atoms with van der Waals surface area (Å²) in [6.45, 7) is 2.85. The van der Waals surface area contributed by atoms with Gasteiger partial charge in [0, 0.05) is 19.0 Å². The van der Waals surface area contributed by atoms with Crippen molar-refractivity contribution in [3.8, 4) is 0 Å². The van der Waals surface area contributed by atoms with Crippen molar-refractivity contribution < 1.29 is 9.90 Å². The zero-order chi connectivity index (χ0) is 17.6. The molecule has 8 nitrogen and oxygen atoms in total. The highest BCUT2D eigenvalue weighted by Crippen LogP contribution is 2.36. The van der Waals surface area contributed by atoms with Crippen LogP contribution in [-0.2, 0) is 4.79 Å². The number of piperidine rings is 1. The molecule has 8 heteroatoms. The normalized spacial score (nSPS) is 27.9. The van der Waals surface area contributed by atoms with Crippen LogP contribution in [0.5, 0.6) is 0 Å². The summed E-state index contributed by atoms with van der Waals surface area (Å²) in [7, 11) is 0. The van der Waals surface area contributed by atoms with Gasteiger partial charge in [-0.1, -0.05) is 12.8 Å². The van der Waals surface area contributed by atoms with Gasteiger partial charge < -0.3 is 20.3 Å². The number of amides is 1. The van der Waals surface area contributed by atoms with Gasteiger partial charge in [-0.25, -0.2) is 15.0 Å². The van der Waals surface area contributed by atoms with Gasteiger partial charge in [-0.05, 0) is 26.2 Å². The number of aromatic nitrogens is 4. The number of nitrogen functional groups attached to an aromatic ring is 1. The number of hydrogen-bond acceptors (Lipinski definition) is 6. The number of rotatable bonds is 2. The number of carbonyl (C=O) groups is 1. The van der Waals surface area contributed by atoms with Crippen molar-refractivity contribution in [3.05, 3.63) is 12.7 Å². The number of carbonyl (C=O) groups excluding carboxylic acids is 1. The van der Waals surface area contributed by atoms with Gasteiger partial charge in [-0.15, -0.1) is 0 Å². The van der Waals surface area contributed by atoms with Crippen LogP contribution in [0.15, 0.2) is 12.7 Å². The minimum atomic E-state index is -0.945. The highest BCUT2D eigenvalue weighted by Gasteiger charge is 2.42. The Morgan fingerprint density at radius 2 is 2.08 bits per heavy atom. The lowest BCUT2D eigenvalue weighted by atomic mass is 9.87. The van der Waals surface area contributed by atoms with E-state index in [1.54, 1.807) is 6.33 Å². The van der Waals surface area contributed by atoms with Gasteiger partial charge >= 0.3 is 0 Å². The first-order valence-corrected chi connectivity index (χ1v) is 8.91. The zero-order valence-electron chi connectivity index (χ0n) is 14.4. The molecule has 0 unspecified atom stereocenters. The highest BCUT2D eigenvalue weighted by atomic mass is 16.3. The SMILES string of the molecule is C[C@@]1(O)CCN(C(=O)C2CCCC2)C[C@H]1n1cnc2c(N)ncnc21. The number of fused-ring (bicyclic) bond motifs is 1. The summed E-state index contributed by atoms with van der Waals surface area (Å²) in [6, 6.07) is -0.314. The third-order valence-electron chi connectivity index (χ3n) is 5.74. The summed E-state index contributed by atoms with van der Waals surface area (Å²) < 4.78 is 1.83. The van der Waals surface area contributed by atoms with E-state index in [1.165, 1.54) is 6.33 Å². The second-order valence-electron chi connectivity index (χ2n) is 7.47. The Morgan fingerprint density at radius 3 is 2.84 bits per heavy atom. The Kier molecular flexibility index (Phi) is 3.87. The maximum atomic E-state index is 12.8. The van der Waals surface area contributed by atoms with E-state index in [0.29, 0.717) is 36.5 Å². The molecule has 1 aliphatic carbocycles. The Labute approximate surface area is 146 Å². The molecule has 2 aliphatic rings. The zero-order valence-corrected chi connectivity index (χ0v) is 14.4. The summed E-state index contributed by atoms with van der Waals surface area (Å²) in [5.74, 6) is 0.677. The van der Waals surface area contributed by atoms with Crippen LogP contribution in [0.4, 0.5) is 5.82 Å². The molecule has 2 atom stereocenters. The molecule has 0 bridgehead atoms. The van der Waals surface area contributed by atoms with Crippen molar-refractivity contribution in [1.29, 1.82) is 0 Å². The lowest BCUT2D eigenvalue weighted by Gasteiger charge is -2.43. The first-order chi connectivity index (χ1) is 12.0. The monoisotopic (exact) mass is 344 g/mol. The fourth-order valence-corrected chi connectivity index (χ4v) is 4.14. The fourth-order valence-electron chi connectivity index (χ4n) is 4.14. The lowest BCUT2D eigenvalue weighted by molar-refractivity contribution is -0.142. The number of aliphatic hydroxyl groups is 1. The molecule has 1 saturated carbocycles. The molecule has 1 saturated heterocycles. The summed E-state index contributed by atoms with van der Waals surface area (Å²) in [6.07, 6.45) is 7.79. The van der Waals surface area contributed by atoms with Gasteiger partial charge in [-0.3, -0.25) is 4.79 Å². The second-order valence-corrected chi connectivity index (χ2v) is 7.47. The maximum absolute atomic E-state index is 12.8. The third kappa shape index (κ3) is 2.74. The van der Waals surface area contributed by atoms with E-state index in [2.05, 4.69) is 15.0 Å². The van der Waals surface area contributed by atoms with Crippen LogP contribution in [0.25, 0.3) is 11.2 Å². The Balaban J connectivity index is 1.65. The van der Waals surface area contributed by atoms with Crippen LogP contribution in [0, 0.1) is 5.92 Å². The predicted molar refractivity (Wildman–Crippen MR) is 92.6 cm³/mol. The van der Waals surface area contributed by atoms with Gasteiger partial charge in [0.2, 0.25) is 5.91 Å². The van der Waals surface area contributed by atoms with E-state index in [0.717, 1.165) is 25.7 Å². The van der Waals surface area contributed by atoms with E-state index < -0.39 is 5.60 Å². The Bertz CT molecular complexity index is 796. The standard InChI is InChI=1S/C17H24N6O2/c1-17(25)6-7-22(16(24)11-4-2-3-5-11)8-12(17)23-10-21-13-14(18)19-9-20-15(13)23/h9-12,25H,2-8H2,1H3,(H2,18,19,20)/t12-,17-/m1/s1. The molecule has 2 fully saturated rings. The first kappa shape index (κ1) is 16.3. The van der Waals surface area contributed by atoms with Crippen molar-refractivity contribution >= 4 is 22.9 Å². The highest BCUT2D eigenvalue weighted by molar-refractivity contribution is 5.81. The summed E-state index contributed by atoms with van der Waals surface area (Å²) in [5, 5.41) is 10.9. The van der Waals surface area contributed by atoms with Gasteiger partial charge in [-0.2, -0.15) is 0 Å². The quantitative estimate of drug-likeness (QED) is 0.845. The van der Waals surface area contributed by atoms with Gasteiger partial charge in [0.1, 0.15) is 11.8 Å². The van der Waals surface area contributed by atoms with Crippen LogP contribution < -0.4 is 5.73 Å². The number of nitrogens with two attached hydrogens (primary N) is 1. The topological polar surface area (TPSA) is 110 Å². The molecule has 4 rings (SSSR count). The second kappa shape index (κ2) is 5.94. The van der Waals surface area contributed by atoms with Gasteiger partial charge in [0.15, 0.2) is 11.5 Å². The molecule has 2 aromatic heterocycles.